The minimum atomic E-state index is 0.374. The van der Waals surface area contributed by atoms with E-state index in [1.165, 1.54) is 6.42 Å². The number of likely N-dealkylation sites (N-methyl/N-ethyl adjacent to an activating group) is 1. The number of nitrogens with zero attached hydrogens (tertiary/aromatic N) is 1. The van der Waals surface area contributed by atoms with Crippen molar-refractivity contribution >= 4 is 0 Å². The average Bonchev–Trinajstić information content (AvgIpc) is 2.24. The molecule has 0 saturated carbocycles. The number of ether oxygens (including phenoxy) is 1. The van der Waals surface area contributed by atoms with Gasteiger partial charge in [-0.15, -0.1) is 0 Å². The molecule has 0 amide bonds. The Morgan fingerprint density at radius 2 is 2.00 bits per heavy atom. The molecule has 92 valence electrons. The van der Waals surface area contributed by atoms with Gasteiger partial charge in [-0.2, -0.15) is 0 Å². The zero-order chi connectivity index (χ0) is 11.7. The summed E-state index contributed by atoms with van der Waals surface area (Å²) in [6.45, 7) is 12.0. The summed E-state index contributed by atoms with van der Waals surface area (Å²) in [4.78, 5) is 2.46. The Labute approximate surface area is 95.2 Å². The molecule has 0 spiro atoms. The Morgan fingerprint density at radius 3 is 2.40 bits per heavy atom. The van der Waals surface area contributed by atoms with Crippen LogP contribution in [0.5, 0.6) is 0 Å². The van der Waals surface area contributed by atoms with Crippen molar-refractivity contribution in [3.05, 3.63) is 0 Å². The van der Waals surface area contributed by atoms with E-state index >= 15 is 0 Å². The van der Waals surface area contributed by atoms with Crippen molar-refractivity contribution in [3.8, 4) is 0 Å². The SMILES string of the molecule is CCN(CCOC)CC(C)(CC)CNC. The van der Waals surface area contributed by atoms with Gasteiger partial charge < -0.3 is 15.0 Å². The highest BCUT2D eigenvalue weighted by Crippen LogP contribution is 2.21. The third kappa shape index (κ3) is 6.13. The predicted molar refractivity (Wildman–Crippen MR) is 66.3 cm³/mol. The van der Waals surface area contributed by atoms with Gasteiger partial charge in [0.1, 0.15) is 0 Å². The topological polar surface area (TPSA) is 24.5 Å². The van der Waals surface area contributed by atoms with Crippen molar-refractivity contribution in [3.63, 3.8) is 0 Å². The van der Waals surface area contributed by atoms with Crippen molar-refractivity contribution < 1.29 is 4.74 Å². The summed E-state index contributed by atoms with van der Waals surface area (Å²) in [7, 11) is 3.79. The van der Waals surface area contributed by atoms with Gasteiger partial charge in [0, 0.05) is 26.7 Å². The second-order valence-corrected chi connectivity index (χ2v) is 4.56. The highest BCUT2D eigenvalue weighted by Gasteiger charge is 2.23. The predicted octanol–water partition coefficient (Wildman–Crippen LogP) is 1.59. The van der Waals surface area contributed by atoms with Crippen LogP contribution < -0.4 is 5.32 Å². The van der Waals surface area contributed by atoms with Crippen LogP contribution in [0.1, 0.15) is 27.2 Å². The van der Waals surface area contributed by atoms with E-state index in [4.69, 9.17) is 4.74 Å². The molecule has 0 aliphatic carbocycles. The van der Waals surface area contributed by atoms with E-state index in [0.29, 0.717) is 5.41 Å². The fourth-order valence-corrected chi connectivity index (χ4v) is 1.83. The zero-order valence-corrected chi connectivity index (χ0v) is 11.1. The summed E-state index contributed by atoms with van der Waals surface area (Å²) < 4.78 is 5.12. The van der Waals surface area contributed by atoms with Gasteiger partial charge in [-0.3, -0.25) is 0 Å². The van der Waals surface area contributed by atoms with Gasteiger partial charge in [0.25, 0.3) is 0 Å². The maximum atomic E-state index is 5.12. The molecule has 1 N–H and O–H groups in total. The standard InChI is InChI=1S/C12H28N2O/c1-6-12(3,10-13-4)11-14(7-2)8-9-15-5/h13H,6-11H2,1-5H3. The first kappa shape index (κ1) is 14.9. The Bertz CT molecular complexity index is 153. The first-order chi connectivity index (χ1) is 7.11. The molecule has 15 heavy (non-hydrogen) atoms. The van der Waals surface area contributed by atoms with Crippen molar-refractivity contribution in [2.45, 2.75) is 27.2 Å². The van der Waals surface area contributed by atoms with Gasteiger partial charge in [0.15, 0.2) is 0 Å². The number of hydrogen-bond acceptors (Lipinski definition) is 3. The largest absolute Gasteiger partial charge is 0.383 e. The Balaban J connectivity index is 4.09. The van der Waals surface area contributed by atoms with E-state index in [1.807, 2.05) is 7.05 Å². The van der Waals surface area contributed by atoms with Gasteiger partial charge >= 0.3 is 0 Å². The molecule has 1 atom stereocenters. The van der Waals surface area contributed by atoms with Gasteiger partial charge in [0.05, 0.1) is 6.61 Å². The van der Waals surface area contributed by atoms with Gasteiger partial charge in [-0.1, -0.05) is 20.8 Å². The van der Waals surface area contributed by atoms with Crippen LogP contribution in [0.25, 0.3) is 0 Å². The van der Waals surface area contributed by atoms with E-state index in [1.54, 1.807) is 7.11 Å². The van der Waals surface area contributed by atoms with Crippen molar-refractivity contribution in [1.29, 1.82) is 0 Å². The van der Waals surface area contributed by atoms with Crippen LogP contribution in [-0.2, 0) is 4.74 Å². The van der Waals surface area contributed by atoms with E-state index in [2.05, 4.69) is 31.0 Å². The second kappa shape index (κ2) is 8.08. The maximum Gasteiger partial charge on any atom is 0.0589 e. The lowest BCUT2D eigenvalue weighted by molar-refractivity contribution is 0.113. The van der Waals surface area contributed by atoms with E-state index in [9.17, 15) is 0 Å². The molecule has 0 aliphatic heterocycles. The molecule has 0 aromatic heterocycles. The lowest BCUT2D eigenvalue weighted by Gasteiger charge is -2.34. The van der Waals surface area contributed by atoms with Crippen LogP contribution >= 0.6 is 0 Å². The Morgan fingerprint density at radius 1 is 1.33 bits per heavy atom. The van der Waals surface area contributed by atoms with Crippen LogP contribution in [0.2, 0.25) is 0 Å². The summed E-state index contributed by atoms with van der Waals surface area (Å²) >= 11 is 0. The van der Waals surface area contributed by atoms with E-state index in [0.717, 1.165) is 32.8 Å². The molecule has 1 unspecified atom stereocenters. The molecule has 0 aromatic rings. The molecule has 0 fully saturated rings. The smallest absolute Gasteiger partial charge is 0.0589 e. The third-order valence-corrected chi connectivity index (χ3v) is 3.12. The highest BCUT2D eigenvalue weighted by atomic mass is 16.5. The monoisotopic (exact) mass is 216 g/mol. The molecule has 0 aliphatic rings. The summed E-state index contributed by atoms with van der Waals surface area (Å²) in [5, 5.41) is 3.29. The third-order valence-electron chi connectivity index (χ3n) is 3.12. The zero-order valence-electron chi connectivity index (χ0n) is 11.1. The normalized spacial score (nSPS) is 15.6. The lowest BCUT2D eigenvalue weighted by Crippen LogP contribution is -2.42. The summed E-state index contributed by atoms with van der Waals surface area (Å²) in [6, 6.07) is 0. The number of methoxy groups -OCH3 is 1. The lowest BCUT2D eigenvalue weighted by atomic mass is 9.87. The van der Waals surface area contributed by atoms with Crippen molar-refractivity contribution in [2.75, 3.05) is 46.9 Å². The fraction of sp³-hybridized carbons (Fsp3) is 1.00. The molecule has 0 radical (unpaired) electrons. The molecule has 3 heteroatoms. The first-order valence-electron chi connectivity index (χ1n) is 5.97. The Kier molecular flexibility index (Phi) is 8.02. The summed E-state index contributed by atoms with van der Waals surface area (Å²) in [6.07, 6.45) is 1.21. The Hall–Kier alpha value is -0.120. The summed E-state index contributed by atoms with van der Waals surface area (Å²) in [5.74, 6) is 0. The van der Waals surface area contributed by atoms with Gasteiger partial charge in [-0.25, -0.2) is 0 Å². The number of rotatable bonds is 9. The maximum absolute atomic E-state index is 5.12. The molecule has 0 aromatic carbocycles. The van der Waals surface area contributed by atoms with Crippen molar-refractivity contribution in [1.82, 2.24) is 10.2 Å². The van der Waals surface area contributed by atoms with E-state index < -0.39 is 0 Å². The molecule has 3 nitrogen and oxygen atoms in total. The van der Waals surface area contributed by atoms with E-state index in [-0.39, 0.29) is 0 Å². The van der Waals surface area contributed by atoms with Crippen LogP contribution in [0, 0.1) is 5.41 Å². The average molecular weight is 216 g/mol. The summed E-state index contributed by atoms with van der Waals surface area (Å²) in [5.41, 5.74) is 0.374. The van der Waals surface area contributed by atoms with Gasteiger partial charge in [0.2, 0.25) is 0 Å². The molecular weight excluding hydrogens is 188 g/mol. The second-order valence-electron chi connectivity index (χ2n) is 4.56. The van der Waals surface area contributed by atoms with Crippen LogP contribution in [0.15, 0.2) is 0 Å². The molecule has 0 rings (SSSR count). The molecule has 0 saturated heterocycles. The quantitative estimate of drug-likeness (QED) is 0.633. The number of nitrogens with one attached hydrogen (secondary N) is 1. The van der Waals surface area contributed by atoms with Crippen molar-refractivity contribution in [2.24, 2.45) is 5.41 Å². The highest BCUT2D eigenvalue weighted by molar-refractivity contribution is 4.78. The molecular formula is C12H28N2O. The van der Waals surface area contributed by atoms with Crippen LogP contribution in [-0.4, -0.2) is 51.8 Å². The van der Waals surface area contributed by atoms with Crippen LogP contribution in [0.4, 0.5) is 0 Å². The number of hydrogen-bond donors (Lipinski definition) is 1. The van der Waals surface area contributed by atoms with Gasteiger partial charge in [-0.05, 0) is 25.4 Å². The van der Waals surface area contributed by atoms with Crippen LogP contribution in [0.3, 0.4) is 0 Å². The molecule has 0 bridgehead atoms. The molecule has 0 heterocycles. The minimum Gasteiger partial charge on any atom is -0.383 e. The first-order valence-corrected chi connectivity index (χ1v) is 5.97. The fourth-order valence-electron chi connectivity index (χ4n) is 1.83. The minimum absolute atomic E-state index is 0.374.